The van der Waals surface area contributed by atoms with E-state index in [1.54, 1.807) is 20.3 Å². The molecule has 1 N–H and O–H groups in total. The average Bonchev–Trinajstić information content (AvgIpc) is 2.74. The van der Waals surface area contributed by atoms with E-state index in [4.69, 9.17) is 9.47 Å². The fraction of sp³-hybridized carbons (Fsp3) is 0.375. The molecule has 0 fully saturated rings. The number of hydrogen-bond donors (Lipinski definition) is 1. The molecule has 0 atom stereocenters. The minimum atomic E-state index is -0.0569. The summed E-state index contributed by atoms with van der Waals surface area (Å²) in [6.45, 7) is 4.58. The lowest BCUT2D eigenvalue weighted by atomic mass is 10.1. The highest BCUT2D eigenvalue weighted by molar-refractivity contribution is 5.91. The Morgan fingerprint density at radius 1 is 1.03 bits per heavy atom. The van der Waals surface area contributed by atoms with E-state index < -0.39 is 0 Å². The number of ether oxygens (including phenoxy) is 2. The van der Waals surface area contributed by atoms with Gasteiger partial charge in [0.25, 0.3) is 0 Å². The van der Waals surface area contributed by atoms with E-state index >= 15 is 0 Å². The van der Waals surface area contributed by atoms with Crippen LogP contribution in [0, 0.1) is 6.92 Å². The number of methoxy groups -OCH3 is 2. The molecule has 0 bridgehead atoms. The number of hydrogen-bond acceptors (Lipinski definition) is 4. The van der Waals surface area contributed by atoms with Crippen molar-refractivity contribution in [1.82, 2.24) is 10.2 Å². The van der Waals surface area contributed by atoms with Gasteiger partial charge in [0, 0.05) is 19.2 Å². The molecule has 0 saturated heterocycles. The molecule has 0 aliphatic carbocycles. The van der Waals surface area contributed by atoms with Crippen LogP contribution in [0.5, 0.6) is 11.5 Å². The first-order valence-corrected chi connectivity index (χ1v) is 9.94. The topological polar surface area (TPSA) is 50.8 Å². The Bertz CT molecular complexity index is 800. The van der Waals surface area contributed by atoms with Gasteiger partial charge in [-0.2, -0.15) is 0 Å². The Labute approximate surface area is 174 Å². The van der Waals surface area contributed by atoms with Crippen LogP contribution in [0.25, 0.3) is 6.08 Å². The highest BCUT2D eigenvalue weighted by atomic mass is 16.5. The lowest BCUT2D eigenvalue weighted by Crippen LogP contribution is -2.28. The molecule has 2 aromatic rings. The summed E-state index contributed by atoms with van der Waals surface area (Å²) in [6.07, 6.45) is 5.27. The van der Waals surface area contributed by atoms with E-state index in [2.05, 4.69) is 23.3 Å². The number of nitrogens with zero attached hydrogens (tertiary/aromatic N) is 1. The average molecular weight is 397 g/mol. The Morgan fingerprint density at radius 2 is 1.76 bits per heavy atom. The molecule has 2 aromatic carbocycles. The summed E-state index contributed by atoms with van der Waals surface area (Å²) < 4.78 is 10.6. The zero-order chi connectivity index (χ0) is 21.1. The van der Waals surface area contributed by atoms with Gasteiger partial charge in [-0.15, -0.1) is 0 Å². The third-order valence-electron chi connectivity index (χ3n) is 4.75. The summed E-state index contributed by atoms with van der Waals surface area (Å²) in [7, 11) is 5.39. The minimum Gasteiger partial charge on any atom is -0.493 e. The van der Waals surface area contributed by atoms with Crippen LogP contribution < -0.4 is 14.8 Å². The molecule has 29 heavy (non-hydrogen) atoms. The lowest BCUT2D eigenvalue weighted by Gasteiger charge is -2.17. The van der Waals surface area contributed by atoms with Crippen LogP contribution in [0.1, 0.15) is 23.1 Å². The van der Waals surface area contributed by atoms with Crippen molar-refractivity contribution in [2.24, 2.45) is 0 Å². The van der Waals surface area contributed by atoms with E-state index in [0.29, 0.717) is 6.54 Å². The molecule has 5 nitrogen and oxygen atoms in total. The summed E-state index contributed by atoms with van der Waals surface area (Å²) >= 11 is 0. The molecule has 0 unspecified atom stereocenters. The van der Waals surface area contributed by atoms with Gasteiger partial charge in [0.1, 0.15) is 0 Å². The van der Waals surface area contributed by atoms with Gasteiger partial charge in [-0.25, -0.2) is 0 Å². The van der Waals surface area contributed by atoms with Crippen molar-refractivity contribution in [2.75, 3.05) is 40.9 Å². The lowest BCUT2D eigenvalue weighted by molar-refractivity contribution is -0.116. The van der Waals surface area contributed by atoms with Gasteiger partial charge in [-0.05, 0) is 62.7 Å². The van der Waals surface area contributed by atoms with Crippen molar-refractivity contribution in [3.05, 3.63) is 65.2 Å². The van der Waals surface area contributed by atoms with Gasteiger partial charge in [-0.3, -0.25) is 4.79 Å². The number of aryl methyl sites for hydroxylation is 1. The number of likely N-dealkylation sites (N-methyl/N-ethyl adjacent to an activating group) is 1. The second-order valence-electron chi connectivity index (χ2n) is 7.13. The second kappa shape index (κ2) is 11.9. The van der Waals surface area contributed by atoms with Crippen molar-refractivity contribution >= 4 is 12.0 Å². The molecule has 0 spiro atoms. The van der Waals surface area contributed by atoms with Crippen molar-refractivity contribution in [3.8, 4) is 11.5 Å². The highest BCUT2D eigenvalue weighted by Crippen LogP contribution is 2.27. The van der Waals surface area contributed by atoms with Crippen LogP contribution >= 0.6 is 0 Å². The fourth-order valence-electron chi connectivity index (χ4n) is 2.94. The molecule has 0 heterocycles. The molecule has 0 aliphatic rings. The molecule has 1 amide bonds. The largest absolute Gasteiger partial charge is 0.493 e. The zero-order valence-electron chi connectivity index (χ0n) is 17.9. The number of nitrogens with one attached hydrogen (secondary N) is 1. The van der Waals surface area contributed by atoms with E-state index in [-0.39, 0.29) is 5.91 Å². The van der Waals surface area contributed by atoms with Crippen molar-refractivity contribution in [1.29, 1.82) is 0 Å². The quantitative estimate of drug-likeness (QED) is 0.465. The van der Waals surface area contributed by atoms with Crippen LogP contribution in [-0.2, 0) is 11.2 Å². The summed E-state index contributed by atoms with van der Waals surface area (Å²) in [6, 6.07) is 14.1. The van der Waals surface area contributed by atoms with Crippen LogP contribution in [0.15, 0.2) is 48.5 Å². The van der Waals surface area contributed by atoms with E-state index in [1.165, 1.54) is 11.1 Å². The first-order valence-electron chi connectivity index (χ1n) is 9.94. The maximum atomic E-state index is 11.9. The van der Waals surface area contributed by atoms with Crippen LogP contribution in [0.2, 0.25) is 0 Å². The standard InChI is InChI=1S/C24H32N2O3/c1-19-6-8-20(9-7-19)11-13-24(27)25-15-5-16-26(2)17-14-21-10-12-22(28-3)23(18-21)29-4/h6-13,18H,5,14-17H2,1-4H3,(H,25,27)/b13-11+. The molecule has 5 heteroatoms. The summed E-state index contributed by atoms with van der Waals surface area (Å²) in [5.74, 6) is 1.45. The van der Waals surface area contributed by atoms with Crippen molar-refractivity contribution in [3.63, 3.8) is 0 Å². The third-order valence-corrected chi connectivity index (χ3v) is 4.75. The maximum absolute atomic E-state index is 11.9. The monoisotopic (exact) mass is 396 g/mol. The molecule has 2 rings (SSSR count). The number of amides is 1. The summed E-state index contributed by atoms with van der Waals surface area (Å²) in [4.78, 5) is 14.2. The van der Waals surface area contributed by atoms with Gasteiger partial charge in [0.2, 0.25) is 5.91 Å². The molecular formula is C24H32N2O3. The number of carbonyl (C=O) groups excluding carboxylic acids is 1. The first kappa shape index (κ1) is 22.5. The van der Waals surface area contributed by atoms with Crippen LogP contribution in [0.3, 0.4) is 0 Å². The summed E-state index contributed by atoms with van der Waals surface area (Å²) in [5, 5.41) is 2.94. The van der Waals surface area contributed by atoms with Crippen LogP contribution in [0.4, 0.5) is 0 Å². The fourth-order valence-corrected chi connectivity index (χ4v) is 2.94. The number of carbonyl (C=O) groups is 1. The van der Waals surface area contributed by atoms with Crippen molar-refractivity contribution < 1.29 is 14.3 Å². The van der Waals surface area contributed by atoms with Crippen LogP contribution in [-0.4, -0.2) is 51.7 Å². The van der Waals surface area contributed by atoms with Gasteiger partial charge in [-0.1, -0.05) is 35.9 Å². The normalized spacial score (nSPS) is 11.1. The predicted molar refractivity (Wildman–Crippen MR) is 119 cm³/mol. The molecule has 0 aliphatic heterocycles. The smallest absolute Gasteiger partial charge is 0.243 e. The first-order chi connectivity index (χ1) is 14.0. The van der Waals surface area contributed by atoms with E-state index in [0.717, 1.165) is 43.0 Å². The number of rotatable bonds is 11. The Hall–Kier alpha value is -2.79. The summed E-state index contributed by atoms with van der Waals surface area (Å²) in [5.41, 5.74) is 3.45. The van der Waals surface area contributed by atoms with E-state index in [1.807, 2.05) is 49.4 Å². The number of benzene rings is 2. The minimum absolute atomic E-state index is 0.0569. The van der Waals surface area contributed by atoms with Gasteiger partial charge >= 0.3 is 0 Å². The molecule has 156 valence electrons. The van der Waals surface area contributed by atoms with Gasteiger partial charge < -0.3 is 19.7 Å². The van der Waals surface area contributed by atoms with Gasteiger partial charge in [0.15, 0.2) is 11.5 Å². The SMILES string of the molecule is COc1ccc(CCN(C)CCCNC(=O)/C=C/c2ccc(C)cc2)cc1OC. The Balaban J connectivity index is 1.64. The molecule has 0 radical (unpaired) electrons. The predicted octanol–water partition coefficient (Wildman–Crippen LogP) is 3.71. The maximum Gasteiger partial charge on any atom is 0.243 e. The van der Waals surface area contributed by atoms with E-state index in [9.17, 15) is 4.79 Å². The molecule has 0 aromatic heterocycles. The zero-order valence-corrected chi connectivity index (χ0v) is 17.9. The Kier molecular flexibility index (Phi) is 9.25. The molecule has 0 saturated carbocycles. The second-order valence-corrected chi connectivity index (χ2v) is 7.13. The third kappa shape index (κ3) is 8.00. The highest BCUT2D eigenvalue weighted by Gasteiger charge is 2.06. The van der Waals surface area contributed by atoms with Gasteiger partial charge in [0.05, 0.1) is 14.2 Å². The molecular weight excluding hydrogens is 364 g/mol. The Morgan fingerprint density at radius 3 is 2.45 bits per heavy atom. The van der Waals surface area contributed by atoms with Crippen molar-refractivity contribution in [2.45, 2.75) is 19.8 Å².